The fourth-order valence-corrected chi connectivity index (χ4v) is 9.97. The Morgan fingerprint density at radius 1 is 1.18 bits per heavy atom. The Kier molecular flexibility index (Phi) is 8.14. The van der Waals surface area contributed by atoms with Gasteiger partial charge in [0, 0.05) is 55.4 Å². The maximum absolute atomic E-state index is 14.6. The summed E-state index contributed by atoms with van der Waals surface area (Å²) in [5.74, 6) is -1.09. The second-order valence-corrected chi connectivity index (χ2v) is 16.7. The summed E-state index contributed by atoms with van der Waals surface area (Å²) in [4.78, 5) is 53.3. The number of carbonyl (C=O) groups is 3. The number of fused-ring (bicyclic) bond motifs is 2. The van der Waals surface area contributed by atoms with Gasteiger partial charge in [0.05, 0.1) is 30.5 Å². The monoisotopic (exact) mass is 633 g/mol. The van der Waals surface area contributed by atoms with E-state index in [-0.39, 0.29) is 42.8 Å². The number of para-hydroxylation sites is 1. The van der Waals surface area contributed by atoms with Crippen LogP contribution in [0.15, 0.2) is 54.7 Å². The lowest BCUT2D eigenvalue weighted by Gasteiger charge is -2.39. The Bertz CT molecular complexity index is 1620. The highest BCUT2D eigenvalue weighted by atomic mass is 28.4. The zero-order chi connectivity index (χ0) is 32.1. The summed E-state index contributed by atoms with van der Waals surface area (Å²) in [6.45, 7) is 7.83. The number of rotatable bonds is 10. The van der Waals surface area contributed by atoms with Gasteiger partial charge in [0.25, 0.3) is 5.91 Å². The summed E-state index contributed by atoms with van der Waals surface area (Å²) in [6, 6.07) is 15.0. The highest BCUT2D eigenvalue weighted by Crippen LogP contribution is 2.59. The van der Waals surface area contributed by atoms with Crippen LogP contribution in [0.25, 0.3) is 0 Å². The molecule has 1 unspecified atom stereocenters. The van der Waals surface area contributed by atoms with Crippen LogP contribution in [0.4, 0.5) is 11.4 Å². The third-order valence-electron chi connectivity index (χ3n) is 9.23. The zero-order valence-corrected chi connectivity index (χ0v) is 26.9. The Labute approximate surface area is 262 Å². The van der Waals surface area contributed by atoms with Crippen LogP contribution < -0.4 is 9.80 Å². The van der Waals surface area contributed by atoms with E-state index >= 15 is 0 Å². The van der Waals surface area contributed by atoms with E-state index in [1.54, 1.807) is 21.8 Å². The lowest BCUT2D eigenvalue weighted by atomic mass is 9.82. The topological polar surface area (TPSA) is 147 Å². The molecule has 238 valence electrons. The standard InChI is InChI=1S/C32H39N5O7Si/c1-20-30(45(3,4)42)27(12-14-35-19-23(13-15-38)33-34-35)44-32(20)25-10-5-6-11-26(25)36(31(32)41)18-22-8-7-9-24(16-22)37-28(40)17-29(37)43-21(2)39/h5-11,16,19-20,27,29-30,38,42H,12-15,17-18H2,1-4H3/t20-,27+,29?,30-,32+/m1/s1. The van der Waals surface area contributed by atoms with E-state index in [1.807, 2.05) is 62.5 Å². The second kappa shape index (κ2) is 11.8. The third-order valence-corrected chi connectivity index (χ3v) is 11.7. The number of aliphatic hydroxyl groups is 1. The molecule has 0 aliphatic carbocycles. The molecule has 45 heavy (non-hydrogen) atoms. The number of ether oxygens (including phenoxy) is 2. The molecule has 2 aromatic carbocycles. The lowest BCUT2D eigenvalue weighted by molar-refractivity contribution is -0.154. The van der Waals surface area contributed by atoms with Crippen molar-refractivity contribution >= 4 is 37.5 Å². The van der Waals surface area contributed by atoms with Crippen LogP contribution >= 0.6 is 0 Å². The normalized spacial score (nSPS) is 26.0. The number of benzene rings is 2. The highest BCUT2D eigenvalue weighted by molar-refractivity contribution is 6.71. The van der Waals surface area contributed by atoms with E-state index < -0.39 is 32.2 Å². The average Bonchev–Trinajstić information content (AvgIpc) is 3.62. The lowest BCUT2D eigenvalue weighted by Crippen LogP contribution is -2.54. The molecule has 3 aliphatic rings. The molecule has 0 radical (unpaired) electrons. The predicted octanol–water partition coefficient (Wildman–Crippen LogP) is 2.87. The van der Waals surface area contributed by atoms with Crippen LogP contribution in [-0.4, -0.2) is 69.9 Å². The first kappa shape index (κ1) is 31.1. The van der Waals surface area contributed by atoms with Crippen LogP contribution in [0.1, 0.15) is 43.5 Å². The Hall–Kier alpha value is -3.91. The molecule has 0 bridgehead atoms. The number of anilines is 2. The van der Waals surface area contributed by atoms with E-state index in [1.165, 1.54) is 11.8 Å². The minimum absolute atomic E-state index is 0.00959. The van der Waals surface area contributed by atoms with Gasteiger partial charge >= 0.3 is 5.97 Å². The molecule has 3 aliphatic heterocycles. The van der Waals surface area contributed by atoms with Gasteiger partial charge in [-0.25, -0.2) is 0 Å². The van der Waals surface area contributed by atoms with E-state index in [0.717, 1.165) is 16.8 Å². The van der Waals surface area contributed by atoms with Gasteiger partial charge in [-0.15, -0.1) is 5.10 Å². The van der Waals surface area contributed by atoms with Gasteiger partial charge in [0.15, 0.2) is 20.1 Å². The summed E-state index contributed by atoms with van der Waals surface area (Å²) in [6.07, 6.45) is 1.84. The molecule has 1 aromatic heterocycles. The number of aliphatic hydroxyl groups excluding tert-OH is 1. The first-order chi connectivity index (χ1) is 21.4. The van der Waals surface area contributed by atoms with Crippen LogP contribution in [0.2, 0.25) is 18.6 Å². The molecular weight excluding hydrogens is 594 g/mol. The third kappa shape index (κ3) is 5.47. The van der Waals surface area contributed by atoms with Crippen molar-refractivity contribution in [1.82, 2.24) is 15.0 Å². The number of β-lactam (4-membered cyclic amide) rings is 1. The summed E-state index contributed by atoms with van der Waals surface area (Å²) in [7, 11) is -2.83. The van der Waals surface area contributed by atoms with Gasteiger partial charge < -0.3 is 24.3 Å². The molecular formula is C32H39N5O7Si. The van der Waals surface area contributed by atoms with E-state index in [2.05, 4.69) is 10.3 Å². The number of amides is 2. The number of nitrogens with zero attached hydrogens (tertiary/aromatic N) is 5. The van der Waals surface area contributed by atoms with Crippen molar-refractivity contribution in [3.05, 3.63) is 71.5 Å². The van der Waals surface area contributed by atoms with Gasteiger partial charge in [-0.05, 0) is 43.3 Å². The van der Waals surface area contributed by atoms with E-state index in [0.29, 0.717) is 30.8 Å². The van der Waals surface area contributed by atoms with Gasteiger partial charge in [0.1, 0.15) is 0 Å². The average molecular weight is 634 g/mol. The fraction of sp³-hybridized carbons (Fsp3) is 0.469. The van der Waals surface area contributed by atoms with Crippen molar-refractivity contribution < 1.29 is 33.8 Å². The van der Waals surface area contributed by atoms with E-state index in [9.17, 15) is 24.3 Å². The van der Waals surface area contributed by atoms with Crippen LogP contribution in [-0.2, 0) is 49.0 Å². The van der Waals surface area contributed by atoms with Crippen LogP contribution in [0.3, 0.4) is 0 Å². The number of aromatic nitrogens is 3. The number of aryl methyl sites for hydroxylation is 1. The molecule has 1 spiro atoms. The summed E-state index contributed by atoms with van der Waals surface area (Å²) >= 11 is 0. The molecule has 3 aromatic rings. The molecule has 13 heteroatoms. The van der Waals surface area contributed by atoms with Crippen molar-refractivity contribution in [1.29, 1.82) is 0 Å². The van der Waals surface area contributed by atoms with Crippen molar-refractivity contribution in [2.75, 3.05) is 16.4 Å². The minimum Gasteiger partial charge on any atom is -0.441 e. The van der Waals surface area contributed by atoms with Gasteiger partial charge in [-0.2, -0.15) is 0 Å². The number of hydrogen-bond acceptors (Lipinski definition) is 9. The summed E-state index contributed by atoms with van der Waals surface area (Å²) < 4.78 is 13.9. The number of carbonyl (C=O) groups excluding carboxylic acids is 3. The van der Waals surface area contributed by atoms with Crippen LogP contribution in [0.5, 0.6) is 0 Å². The van der Waals surface area contributed by atoms with Crippen molar-refractivity contribution in [2.24, 2.45) is 5.92 Å². The molecule has 0 saturated carbocycles. The van der Waals surface area contributed by atoms with E-state index in [4.69, 9.17) is 9.47 Å². The molecule has 2 fully saturated rings. The molecule has 2 saturated heterocycles. The van der Waals surface area contributed by atoms with Crippen molar-refractivity contribution in [2.45, 2.75) is 82.8 Å². The van der Waals surface area contributed by atoms with Gasteiger partial charge in [-0.3, -0.25) is 24.0 Å². The quantitative estimate of drug-likeness (QED) is 0.195. The molecule has 2 amide bonds. The van der Waals surface area contributed by atoms with Crippen molar-refractivity contribution in [3.8, 4) is 0 Å². The minimum atomic E-state index is -2.83. The van der Waals surface area contributed by atoms with Crippen LogP contribution in [0, 0.1) is 5.92 Å². The molecule has 4 heterocycles. The Morgan fingerprint density at radius 2 is 1.96 bits per heavy atom. The highest BCUT2D eigenvalue weighted by Gasteiger charge is 2.66. The molecule has 2 N–H and O–H groups in total. The maximum atomic E-state index is 14.6. The Balaban J connectivity index is 1.29. The first-order valence-electron chi connectivity index (χ1n) is 15.3. The fourth-order valence-electron chi connectivity index (χ4n) is 7.37. The maximum Gasteiger partial charge on any atom is 0.304 e. The Morgan fingerprint density at radius 3 is 2.67 bits per heavy atom. The molecule has 6 rings (SSSR count). The molecule has 12 nitrogen and oxygen atoms in total. The van der Waals surface area contributed by atoms with Gasteiger partial charge in [0.2, 0.25) is 5.91 Å². The number of hydrogen-bond donors (Lipinski definition) is 2. The smallest absolute Gasteiger partial charge is 0.304 e. The SMILES string of the molecule is CC(=O)OC1CC(=O)N1c1cccc(CN2C(=O)[C@@]3(O[C@@H](CCn4cc(CCO)nn4)[C@H]([Si](C)(C)O)[C@H]3C)c3ccccc32)c1. The predicted molar refractivity (Wildman–Crippen MR) is 166 cm³/mol. The zero-order valence-electron chi connectivity index (χ0n) is 25.9. The van der Waals surface area contributed by atoms with Crippen molar-refractivity contribution in [3.63, 3.8) is 0 Å². The number of esters is 1. The summed E-state index contributed by atoms with van der Waals surface area (Å²) in [5.41, 5.74) is 2.13. The second-order valence-electron chi connectivity index (χ2n) is 12.7. The van der Waals surface area contributed by atoms with Gasteiger partial charge in [-0.1, -0.05) is 42.5 Å². The first-order valence-corrected chi connectivity index (χ1v) is 18.4. The molecule has 5 atom stereocenters. The largest absolute Gasteiger partial charge is 0.441 e. The summed E-state index contributed by atoms with van der Waals surface area (Å²) in [5, 5.41) is 17.5.